The summed E-state index contributed by atoms with van der Waals surface area (Å²) in [7, 11) is 0. The minimum absolute atomic E-state index is 0.0466. The van der Waals surface area contributed by atoms with E-state index in [2.05, 4.69) is 4.98 Å². The highest BCUT2D eigenvalue weighted by Crippen LogP contribution is 2.27. The van der Waals surface area contributed by atoms with Crippen molar-refractivity contribution in [2.75, 3.05) is 19.7 Å². The number of carbonyl (C=O) groups is 1. The Kier molecular flexibility index (Phi) is 5.29. The number of nitrogens with zero attached hydrogens (tertiary/aromatic N) is 2. The molecule has 0 aliphatic heterocycles. The van der Waals surface area contributed by atoms with Gasteiger partial charge in [-0.3, -0.25) is 9.78 Å². The average Bonchev–Trinajstić information content (AvgIpc) is 2.38. The molecular weight excluding hydrogens is 261 g/mol. The van der Waals surface area contributed by atoms with E-state index in [1.165, 1.54) is 4.90 Å². The first-order valence-electron chi connectivity index (χ1n) is 5.83. The molecule has 0 atom stereocenters. The number of alkyl halides is 3. The van der Waals surface area contributed by atoms with E-state index in [4.69, 9.17) is 5.11 Å². The van der Waals surface area contributed by atoms with Gasteiger partial charge in [0.1, 0.15) is 5.69 Å². The van der Waals surface area contributed by atoms with Gasteiger partial charge in [0.25, 0.3) is 5.91 Å². The van der Waals surface area contributed by atoms with Crippen molar-refractivity contribution >= 4 is 5.91 Å². The lowest BCUT2D eigenvalue weighted by Crippen LogP contribution is -2.32. The number of hydrogen-bond acceptors (Lipinski definition) is 3. The first-order chi connectivity index (χ1) is 8.90. The van der Waals surface area contributed by atoms with Crippen molar-refractivity contribution < 1.29 is 23.1 Å². The number of pyridine rings is 1. The van der Waals surface area contributed by atoms with Crippen molar-refractivity contribution in [3.8, 4) is 0 Å². The Balaban J connectivity index is 2.82. The predicted octanol–water partition coefficient (Wildman–Crippen LogP) is 1.94. The molecule has 1 rings (SSSR count). The average molecular weight is 276 g/mol. The Hall–Kier alpha value is -1.63. The zero-order valence-electron chi connectivity index (χ0n) is 10.4. The van der Waals surface area contributed by atoms with E-state index in [-0.39, 0.29) is 12.2 Å². The zero-order valence-corrected chi connectivity index (χ0v) is 10.4. The second kappa shape index (κ2) is 6.51. The van der Waals surface area contributed by atoms with Crippen molar-refractivity contribution in [3.05, 3.63) is 29.6 Å². The minimum atomic E-state index is -4.51. The number of halogens is 3. The summed E-state index contributed by atoms with van der Waals surface area (Å²) in [5, 5.41) is 8.71. The van der Waals surface area contributed by atoms with Crippen LogP contribution in [0.5, 0.6) is 0 Å². The van der Waals surface area contributed by atoms with Crippen LogP contribution in [-0.4, -0.2) is 40.6 Å². The molecule has 1 aromatic heterocycles. The number of aliphatic hydroxyl groups is 1. The number of hydrogen-bond donors (Lipinski definition) is 1. The number of aliphatic hydroxyl groups excluding tert-OH is 1. The van der Waals surface area contributed by atoms with Gasteiger partial charge in [0.2, 0.25) is 0 Å². The number of aromatic nitrogens is 1. The molecule has 0 aliphatic carbocycles. The fraction of sp³-hybridized carbons (Fsp3) is 0.500. The van der Waals surface area contributed by atoms with E-state index >= 15 is 0 Å². The molecule has 7 heteroatoms. The van der Waals surface area contributed by atoms with Gasteiger partial charge < -0.3 is 10.0 Å². The molecule has 0 bridgehead atoms. The summed E-state index contributed by atoms with van der Waals surface area (Å²) in [6.45, 7) is 2.48. The van der Waals surface area contributed by atoms with Crippen LogP contribution in [0.2, 0.25) is 0 Å². The van der Waals surface area contributed by atoms with Crippen LogP contribution in [0.1, 0.15) is 29.4 Å². The second-order valence-corrected chi connectivity index (χ2v) is 3.89. The van der Waals surface area contributed by atoms with Crippen LogP contribution in [0.4, 0.5) is 13.2 Å². The Labute approximate surface area is 108 Å². The molecule has 1 amide bonds. The Morgan fingerprint density at radius 3 is 2.53 bits per heavy atom. The summed E-state index contributed by atoms with van der Waals surface area (Å²) in [6.07, 6.45) is -3.16. The summed E-state index contributed by atoms with van der Waals surface area (Å²) >= 11 is 0. The standard InChI is InChI=1S/C12H15F3N2O2/c1-2-17(6-3-7-18)11(19)9-4-5-10(16-8-9)12(13,14)15/h4-5,8,18H,2-3,6-7H2,1H3. The van der Waals surface area contributed by atoms with Gasteiger partial charge in [0, 0.05) is 25.9 Å². The zero-order chi connectivity index (χ0) is 14.5. The van der Waals surface area contributed by atoms with Gasteiger partial charge >= 0.3 is 6.18 Å². The van der Waals surface area contributed by atoms with Crippen LogP contribution in [0.15, 0.2) is 18.3 Å². The summed E-state index contributed by atoms with van der Waals surface area (Å²) in [5.74, 6) is -0.392. The van der Waals surface area contributed by atoms with Gasteiger partial charge in [-0.15, -0.1) is 0 Å². The van der Waals surface area contributed by atoms with Gasteiger partial charge in [-0.05, 0) is 25.5 Å². The van der Waals surface area contributed by atoms with Crippen molar-refractivity contribution in [1.29, 1.82) is 0 Å². The Morgan fingerprint density at radius 1 is 1.42 bits per heavy atom. The molecule has 1 heterocycles. The summed E-state index contributed by atoms with van der Waals surface area (Å²) in [5.41, 5.74) is -0.921. The lowest BCUT2D eigenvalue weighted by molar-refractivity contribution is -0.141. The Bertz CT molecular complexity index is 418. The summed E-state index contributed by atoms with van der Waals surface area (Å²) < 4.78 is 37.0. The maximum Gasteiger partial charge on any atom is 0.433 e. The molecule has 0 spiro atoms. The highest BCUT2D eigenvalue weighted by molar-refractivity contribution is 5.93. The monoisotopic (exact) mass is 276 g/mol. The third kappa shape index (κ3) is 4.20. The third-order valence-electron chi connectivity index (χ3n) is 2.56. The quantitative estimate of drug-likeness (QED) is 0.894. The molecule has 0 radical (unpaired) electrons. The lowest BCUT2D eigenvalue weighted by Gasteiger charge is -2.20. The molecule has 106 valence electrons. The van der Waals surface area contributed by atoms with Gasteiger partial charge in [-0.25, -0.2) is 0 Å². The van der Waals surface area contributed by atoms with Crippen LogP contribution in [0.25, 0.3) is 0 Å². The molecule has 19 heavy (non-hydrogen) atoms. The van der Waals surface area contributed by atoms with Crippen molar-refractivity contribution in [2.24, 2.45) is 0 Å². The molecule has 0 unspecified atom stereocenters. The summed E-state index contributed by atoms with van der Waals surface area (Å²) in [4.78, 5) is 16.7. The fourth-order valence-corrected chi connectivity index (χ4v) is 1.54. The molecule has 0 fully saturated rings. The summed E-state index contributed by atoms with van der Waals surface area (Å²) in [6, 6.07) is 1.90. The smallest absolute Gasteiger partial charge is 0.396 e. The largest absolute Gasteiger partial charge is 0.433 e. The van der Waals surface area contributed by atoms with Gasteiger partial charge in [-0.1, -0.05) is 0 Å². The van der Waals surface area contributed by atoms with E-state index in [1.807, 2.05) is 0 Å². The molecule has 0 saturated carbocycles. The van der Waals surface area contributed by atoms with Crippen LogP contribution < -0.4 is 0 Å². The number of amides is 1. The molecule has 0 aliphatic rings. The fourth-order valence-electron chi connectivity index (χ4n) is 1.54. The molecule has 0 saturated heterocycles. The van der Waals surface area contributed by atoms with Crippen LogP contribution >= 0.6 is 0 Å². The van der Waals surface area contributed by atoms with Gasteiger partial charge in [-0.2, -0.15) is 13.2 Å². The first kappa shape index (κ1) is 15.4. The minimum Gasteiger partial charge on any atom is -0.396 e. The van der Waals surface area contributed by atoms with Crippen LogP contribution in [0, 0.1) is 0 Å². The van der Waals surface area contributed by atoms with E-state index in [0.29, 0.717) is 19.5 Å². The molecule has 4 nitrogen and oxygen atoms in total. The van der Waals surface area contributed by atoms with Crippen molar-refractivity contribution in [3.63, 3.8) is 0 Å². The maximum atomic E-state index is 12.3. The van der Waals surface area contributed by atoms with E-state index < -0.39 is 17.8 Å². The number of carbonyl (C=O) groups excluding carboxylic acids is 1. The van der Waals surface area contributed by atoms with Crippen molar-refractivity contribution in [1.82, 2.24) is 9.88 Å². The maximum absolute atomic E-state index is 12.3. The normalized spacial score (nSPS) is 11.4. The van der Waals surface area contributed by atoms with Gasteiger partial charge in [0.05, 0.1) is 5.56 Å². The molecular formula is C12H15F3N2O2. The van der Waals surface area contributed by atoms with Crippen LogP contribution in [-0.2, 0) is 6.18 Å². The molecule has 1 N–H and O–H groups in total. The highest BCUT2D eigenvalue weighted by atomic mass is 19.4. The topological polar surface area (TPSA) is 53.4 Å². The predicted molar refractivity (Wildman–Crippen MR) is 62.5 cm³/mol. The van der Waals surface area contributed by atoms with Crippen molar-refractivity contribution in [2.45, 2.75) is 19.5 Å². The molecule has 0 aromatic carbocycles. The Morgan fingerprint density at radius 2 is 2.11 bits per heavy atom. The third-order valence-corrected chi connectivity index (χ3v) is 2.56. The van der Waals surface area contributed by atoms with E-state index in [0.717, 1.165) is 18.3 Å². The first-order valence-corrected chi connectivity index (χ1v) is 5.83. The second-order valence-electron chi connectivity index (χ2n) is 3.89. The number of rotatable bonds is 5. The van der Waals surface area contributed by atoms with Gasteiger partial charge in [0.15, 0.2) is 0 Å². The van der Waals surface area contributed by atoms with Crippen LogP contribution in [0.3, 0.4) is 0 Å². The van der Waals surface area contributed by atoms with E-state index in [1.54, 1.807) is 6.92 Å². The SMILES string of the molecule is CCN(CCCO)C(=O)c1ccc(C(F)(F)F)nc1. The van der Waals surface area contributed by atoms with E-state index in [9.17, 15) is 18.0 Å². The molecule has 1 aromatic rings. The highest BCUT2D eigenvalue weighted by Gasteiger charge is 2.32. The lowest BCUT2D eigenvalue weighted by atomic mass is 10.2.